The predicted molar refractivity (Wildman–Crippen MR) is 148 cm³/mol. The number of hydrogen-bond donors (Lipinski definition) is 1. The Balaban J connectivity index is 1.50. The molecule has 2 atom stereocenters. The van der Waals surface area contributed by atoms with Crippen molar-refractivity contribution in [3.05, 3.63) is 126 Å². The van der Waals surface area contributed by atoms with Gasteiger partial charge in [-0.15, -0.1) is 0 Å². The van der Waals surface area contributed by atoms with Crippen molar-refractivity contribution in [2.24, 2.45) is 0 Å². The summed E-state index contributed by atoms with van der Waals surface area (Å²) in [5.74, 6) is 0. The number of aromatic nitrogens is 3. The van der Waals surface area contributed by atoms with Crippen molar-refractivity contribution in [1.82, 2.24) is 24.8 Å². The van der Waals surface area contributed by atoms with Gasteiger partial charge in [0.15, 0.2) is 5.11 Å². The van der Waals surface area contributed by atoms with E-state index >= 15 is 0 Å². The van der Waals surface area contributed by atoms with Crippen LogP contribution in [0, 0.1) is 13.8 Å². The Hall–Kier alpha value is -4.03. The van der Waals surface area contributed by atoms with E-state index < -0.39 is 0 Å². The second kappa shape index (κ2) is 9.21. The number of rotatable bonds is 5. The molecule has 1 saturated heterocycles. The van der Waals surface area contributed by atoms with Crippen molar-refractivity contribution in [2.45, 2.75) is 32.5 Å². The van der Waals surface area contributed by atoms with Crippen molar-refractivity contribution in [3.8, 4) is 5.69 Å². The zero-order valence-electron chi connectivity index (χ0n) is 20.3. The van der Waals surface area contributed by atoms with E-state index in [2.05, 4.69) is 88.2 Å². The van der Waals surface area contributed by atoms with Crippen molar-refractivity contribution < 1.29 is 0 Å². The van der Waals surface area contributed by atoms with Crippen LogP contribution in [0.5, 0.6) is 0 Å². The molecule has 1 fully saturated rings. The average molecular weight is 490 g/mol. The van der Waals surface area contributed by atoms with Gasteiger partial charge >= 0.3 is 0 Å². The summed E-state index contributed by atoms with van der Waals surface area (Å²) in [4.78, 5) is 11.5. The molecule has 178 valence electrons. The van der Waals surface area contributed by atoms with Gasteiger partial charge in [-0.1, -0.05) is 48.5 Å². The Morgan fingerprint density at radius 3 is 2.39 bits per heavy atom. The molecule has 0 amide bonds. The number of nitrogens with zero attached hydrogens (tertiary/aromatic N) is 4. The molecule has 0 saturated carbocycles. The first-order valence-electron chi connectivity index (χ1n) is 12.2. The Labute approximate surface area is 216 Å². The number of fused-ring (bicyclic) bond motifs is 1. The molecule has 0 aliphatic carbocycles. The molecule has 5 nitrogen and oxygen atoms in total. The maximum atomic E-state index is 5.89. The van der Waals surface area contributed by atoms with Crippen LogP contribution in [0.15, 0.2) is 97.3 Å². The molecule has 0 bridgehead atoms. The number of benzene rings is 2. The number of hydrogen-bond acceptors (Lipinski definition) is 3. The molecule has 6 heteroatoms. The van der Waals surface area contributed by atoms with Crippen LogP contribution >= 0.6 is 12.2 Å². The fourth-order valence-corrected chi connectivity index (χ4v) is 5.75. The Bertz CT molecular complexity index is 1540. The molecule has 36 heavy (non-hydrogen) atoms. The number of thiocarbonyl (C=S) groups is 1. The van der Waals surface area contributed by atoms with Crippen molar-refractivity contribution >= 4 is 28.1 Å². The summed E-state index contributed by atoms with van der Waals surface area (Å²) in [6.07, 6.45) is 3.68. The van der Waals surface area contributed by atoms with E-state index in [0.717, 1.165) is 16.5 Å². The minimum atomic E-state index is -0.0659. The lowest BCUT2D eigenvalue weighted by Gasteiger charge is -2.28. The third-order valence-electron chi connectivity index (χ3n) is 7.05. The average Bonchev–Trinajstić information content (AvgIpc) is 3.39. The second-order valence-electron chi connectivity index (χ2n) is 9.24. The summed E-state index contributed by atoms with van der Waals surface area (Å²) in [6, 6.07) is 29.3. The van der Waals surface area contributed by atoms with Crippen molar-refractivity contribution in [3.63, 3.8) is 0 Å². The summed E-state index contributed by atoms with van der Waals surface area (Å²) >= 11 is 5.89. The van der Waals surface area contributed by atoms with Gasteiger partial charge in [-0.2, -0.15) is 0 Å². The van der Waals surface area contributed by atoms with Crippen LogP contribution in [-0.4, -0.2) is 24.5 Å². The van der Waals surface area contributed by atoms with E-state index in [4.69, 9.17) is 17.2 Å². The van der Waals surface area contributed by atoms with Crippen LogP contribution in [0.25, 0.3) is 16.5 Å². The lowest BCUT2D eigenvalue weighted by Crippen LogP contribution is -2.29. The van der Waals surface area contributed by atoms with Crippen LogP contribution in [0.4, 0.5) is 0 Å². The highest BCUT2D eigenvalue weighted by Gasteiger charge is 2.41. The minimum absolute atomic E-state index is 0.0238. The molecule has 0 unspecified atom stereocenters. The van der Waals surface area contributed by atoms with Gasteiger partial charge in [0.1, 0.15) is 0 Å². The highest BCUT2D eigenvalue weighted by atomic mass is 32.1. The summed E-state index contributed by atoms with van der Waals surface area (Å²) in [5.41, 5.74) is 6.77. The normalized spacial score (nSPS) is 17.5. The van der Waals surface area contributed by atoms with E-state index in [1.54, 1.807) is 0 Å². The van der Waals surface area contributed by atoms with Crippen LogP contribution in [0.1, 0.15) is 40.4 Å². The van der Waals surface area contributed by atoms with Gasteiger partial charge in [0, 0.05) is 29.2 Å². The molecule has 2 aromatic carbocycles. The van der Waals surface area contributed by atoms with Crippen LogP contribution in [0.2, 0.25) is 0 Å². The van der Waals surface area contributed by atoms with Gasteiger partial charge in [0.05, 0.1) is 35.7 Å². The highest BCUT2D eigenvalue weighted by Crippen LogP contribution is 2.42. The highest BCUT2D eigenvalue weighted by molar-refractivity contribution is 7.80. The molecule has 5 aromatic rings. The third-order valence-corrected chi connectivity index (χ3v) is 7.41. The van der Waals surface area contributed by atoms with Gasteiger partial charge in [-0.3, -0.25) is 9.97 Å². The molecule has 0 radical (unpaired) electrons. The van der Waals surface area contributed by atoms with E-state index in [0.29, 0.717) is 6.54 Å². The fourth-order valence-electron chi connectivity index (χ4n) is 5.44. The fraction of sp³-hybridized carbons (Fsp3) is 0.167. The van der Waals surface area contributed by atoms with E-state index in [1.807, 2.05) is 42.7 Å². The van der Waals surface area contributed by atoms with Gasteiger partial charge in [-0.05, 0) is 73.4 Å². The maximum Gasteiger partial charge on any atom is 0.170 e. The molecule has 1 aliphatic heterocycles. The van der Waals surface area contributed by atoms with Gasteiger partial charge < -0.3 is 14.8 Å². The Morgan fingerprint density at radius 2 is 1.61 bits per heavy atom. The first kappa shape index (κ1) is 22.4. The van der Waals surface area contributed by atoms with E-state index in [1.165, 1.54) is 33.4 Å². The first-order chi connectivity index (χ1) is 17.6. The molecule has 1 N–H and O–H groups in total. The van der Waals surface area contributed by atoms with Gasteiger partial charge in [-0.25, -0.2) is 0 Å². The smallest absolute Gasteiger partial charge is 0.170 e. The summed E-state index contributed by atoms with van der Waals surface area (Å²) < 4.78 is 2.37. The zero-order valence-corrected chi connectivity index (χ0v) is 21.1. The summed E-state index contributed by atoms with van der Waals surface area (Å²) in [7, 11) is 0. The lowest BCUT2D eigenvalue weighted by atomic mass is 9.96. The van der Waals surface area contributed by atoms with Crippen molar-refractivity contribution in [1.29, 1.82) is 0 Å². The monoisotopic (exact) mass is 489 g/mol. The molecular formula is C30H27N5S. The summed E-state index contributed by atoms with van der Waals surface area (Å²) in [6.45, 7) is 5.01. The second-order valence-corrected chi connectivity index (χ2v) is 9.62. The number of pyridine rings is 2. The van der Waals surface area contributed by atoms with Crippen LogP contribution in [-0.2, 0) is 6.54 Å². The lowest BCUT2D eigenvalue weighted by molar-refractivity contribution is 0.307. The Kier molecular flexibility index (Phi) is 5.74. The minimum Gasteiger partial charge on any atom is -0.352 e. The maximum absolute atomic E-state index is 5.89. The van der Waals surface area contributed by atoms with E-state index in [9.17, 15) is 0 Å². The number of aryl methyl sites for hydroxylation is 1. The number of nitrogens with one attached hydrogen (secondary N) is 1. The van der Waals surface area contributed by atoms with Crippen molar-refractivity contribution in [2.75, 3.05) is 0 Å². The summed E-state index contributed by atoms with van der Waals surface area (Å²) in [5, 5.41) is 6.76. The standard InChI is InChI=1S/C30H27N5S/c1-20-18-25(21(2)35(20)27-15-9-11-22-10-3-4-13-24(22)27)29-28(26-14-6-8-17-32-26)33-30(36)34(29)19-23-12-5-7-16-31-23/h3-18,28-29H,19H2,1-2H3,(H,33,36)/t28-,29-/m1/s1. The molecule has 0 spiro atoms. The molecule has 3 aromatic heterocycles. The van der Waals surface area contributed by atoms with Gasteiger partial charge in [0.25, 0.3) is 0 Å². The third kappa shape index (κ3) is 3.84. The predicted octanol–water partition coefficient (Wildman–Crippen LogP) is 6.21. The van der Waals surface area contributed by atoms with Gasteiger partial charge in [0.2, 0.25) is 0 Å². The van der Waals surface area contributed by atoms with Crippen LogP contribution in [0.3, 0.4) is 0 Å². The largest absolute Gasteiger partial charge is 0.352 e. The topological polar surface area (TPSA) is 46.0 Å². The zero-order chi connectivity index (χ0) is 24.6. The molecule has 1 aliphatic rings. The van der Waals surface area contributed by atoms with E-state index in [-0.39, 0.29) is 12.1 Å². The molecule has 6 rings (SSSR count). The first-order valence-corrected chi connectivity index (χ1v) is 12.6. The Morgan fingerprint density at radius 1 is 0.861 bits per heavy atom. The van der Waals surface area contributed by atoms with Crippen LogP contribution < -0.4 is 5.32 Å². The molecular weight excluding hydrogens is 462 g/mol. The molecule has 4 heterocycles. The SMILES string of the molecule is Cc1cc([C@@H]2[C@@H](c3ccccn3)NC(=S)N2Cc2ccccn2)c(C)n1-c1cccc2ccccc12. The quantitative estimate of drug-likeness (QED) is 0.297.